The van der Waals surface area contributed by atoms with Gasteiger partial charge >= 0.3 is 6.03 Å². The van der Waals surface area contributed by atoms with E-state index in [9.17, 15) is 4.79 Å². The number of urea groups is 1. The van der Waals surface area contributed by atoms with Gasteiger partial charge in [0, 0.05) is 23.0 Å². The minimum Gasteiger partial charge on any atom is -0.314 e. The van der Waals surface area contributed by atoms with Crippen molar-refractivity contribution in [2.75, 3.05) is 23.5 Å². The minimum absolute atomic E-state index is 0.0535. The van der Waals surface area contributed by atoms with Crippen LogP contribution in [0.5, 0.6) is 0 Å². The highest BCUT2D eigenvalue weighted by atomic mass is 35.5. The van der Waals surface area contributed by atoms with Gasteiger partial charge in [0.05, 0.1) is 5.88 Å². The highest BCUT2D eigenvalue weighted by molar-refractivity contribution is 7.99. The summed E-state index contributed by atoms with van der Waals surface area (Å²) in [4.78, 5) is 13.5. The number of benzene rings is 1. The molecule has 5 heteroatoms. The van der Waals surface area contributed by atoms with Crippen molar-refractivity contribution in [2.24, 2.45) is 0 Å². The Morgan fingerprint density at radius 2 is 2.40 bits per heavy atom. The first-order valence-corrected chi connectivity index (χ1v) is 6.18. The Bertz CT molecular complexity index is 366. The van der Waals surface area contributed by atoms with E-state index < -0.39 is 0 Å². The van der Waals surface area contributed by atoms with Gasteiger partial charge in [0.25, 0.3) is 0 Å². The van der Waals surface area contributed by atoms with Crippen LogP contribution in [0.2, 0.25) is 5.02 Å². The summed E-state index contributed by atoms with van der Waals surface area (Å²) >= 11 is 7.58. The van der Waals surface area contributed by atoms with Crippen LogP contribution in [0.3, 0.4) is 0 Å². The zero-order chi connectivity index (χ0) is 10.7. The predicted molar refractivity (Wildman–Crippen MR) is 64.5 cm³/mol. The average Bonchev–Trinajstić information content (AvgIpc) is 2.70. The maximum absolute atomic E-state index is 11.7. The van der Waals surface area contributed by atoms with Gasteiger partial charge in [-0.1, -0.05) is 17.7 Å². The van der Waals surface area contributed by atoms with E-state index in [1.807, 2.05) is 12.1 Å². The first-order chi connectivity index (χ1) is 7.25. The molecule has 2 amide bonds. The molecule has 0 aromatic heterocycles. The number of carbonyl (C=O) groups excluding carboxylic acids is 1. The quantitative estimate of drug-likeness (QED) is 0.821. The molecule has 0 saturated carbocycles. The lowest BCUT2D eigenvalue weighted by molar-refractivity contribution is 0.225. The van der Waals surface area contributed by atoms with Gasteiger partial charge in [-0.2, -0.15) is 0 Å². The third kappa shape index (κ3) is 2.79. The van der Waals surface area contributed by atoms with Crippen molar-refractivity contribution in [2.45, 2.75) is 0 Å². The maximum Gasteiger partial charge on any atom is 0.322 e. The monoisotopic (exact) mass is 242 g/mol. The van der Waals surface area contributed by atoms with Gasteiger partial charge in [-0.15, -0.1) is 11.8 Å². The second kappa shape index (κ2) is 4.77. The van der Waals surface area contributed by atoms with Crippen molar-refractivity contribution < 1.29 is 4.79 Å². The standard InChI is InChI=1S/C10H11ClN2OS/c11-8-2-1-3-9(6-8)12-10(14)13-4-5-15-7-13/h1-3,6H,4-5,7H2,(H,12,14). The number of anilines is 1. The van der Waals surface area contributed by atoms with E-state index in [0.717, 1.165) is 23.9 Å². The third-order valence-corrected chi connectivity index (χ3v) is 3.32. The number of nitrogens with zero attached hydrogens (tertiary/aromatic N) is 1. The summed E-state index contributed by atoms with van der Waals surface area (Å²) in [5.74, 6) is 1.79. The Balaban J connectivity index is 1.99. The molecule has 0 bridgehead atoms. The van der Waals surface area contributed by atoms with E-state index in [2.05, 4.69) is 5.32 Å². The van der Waals surface area contributed by atoms with Gasteiger partial charge in [-0.05, 0) is 18.2 Å². The van der Waals surface area contributed by atoms with Crippen LogP contribution in [0.1, 0.15) is 0 Å². The molecule has 1 aliphatic rings. The van der Waals surface area contributed by atoms with Crippen molar-refractivity contribution in [1.82, 2.24) is 4.90 Å². The molecule has 2 rings (SSSR count). The Labute approximate surface area is 97.8 Å². The Morgan fingerprint density at radius 3 is 3.07 bits per heavy atom. The molecule has 1 aromatic carbocycles. The lowest BCUT2D eigenvalue weighted by atomic mass is 10.3. The molecule has 15 heavy (non-hydrogen) atoms. The SMILES string of the molecule is O=C(Nc1cccc(Cl)c1)N1CCSC1. The summed E-state index contributed by atoms with van der Waals surface area (Å²) in [5.41, 5.74) is 0.740. The first-order valence-electron chi connectivity index (χ1n) is 4.65. The molecule has 80 valence electrons. The van der Waals surface area contributed by atoms with Crippen LogP contribution >= 0.6 is 23.4 Å². The number of halogens is 1. The molecule has 0 radical (unpaired) electrons. The molecule has 3 nitrogen and oxygen atoms in total. The summed E-state index contributed by atoms with van der Waals surface area (Å²) in [6.07, 6.45) is 0. The Kier molecular flexibility index (Phi) is 3.38. The van der Waals surface area contributed by atoms with Gasteiger partial charge < -0.3 is 10.2 Å². The smallest absolute Gasteiger partial charge is 0.314 e. The summed E-state index contributed by atoms with van der Waals surface area (Å²) < 4.78 is 0. The lowest BCUT2D eigenvalue weighted by Crippen LogP contribution is -2.32. The molecule has 1 aliphatic heterocycles. The van der Waals surface area contributed by atoms with Crippen LogP contribution < -0.4 is 5.32 Å². The number of thioether (sulfide) groups is 1. The topological polar surface area (TPSA) is 32.3 Å². The van der Waals surface area contributed by atoms with Crippen LogP contribution in [0, 0.1) is 0 Å². The second-order valence-corrected chi connectivity index (χ2v) is 4.75. The van der Waals surface area contributed by atoms with Gasteiger partial charge in [0.2, 0.25) is 0 Å². The fourth-order valence-electron chi connectivity index (χ4n) is 1.34. The molecule has 0 atom stereocenters. The third-order valence-electron chi connectivity index (χ3n) is 2.12. The molecule has 0 aliphatic carbocycles. The molecule has 0 spiro atoms. The van der Waals surface area contributed by atoms with E-state index in [4.69, 9.17) is 11.6 Å². The number of hydrogen-bond donors (Lipinski definition) is 1. The molecule has 1 saturated heterocycles. The van der Waals surface area contributed by atoms with Gasteiger partial charge in [0.1, 0.15) is 0 Å². The highest BCUT2D eigenvalue weighted by Crippen LogP contribution is 2.18. The fourth-order valence-corrected chi connectivity index (χ4v) is 2.48. The summed E-state index contributed by atoms with van der Waals surface area (Å²) in [5, 5.41) is 3.44. The van der Waals surface area contributed by atoms with Crippen molar-refractivity contribution in [3.8, 4) is 0 Å². The molecular formula is C10H11ClN2OS. The van der Waals surface area contributed by atoms with Gasteiger partial charge in [0.15, 0.2) is 0 Å². The largest absolute Gasteiger partial charge is 0.322 e. The van der Waals surface area contributed by atoms with Crippen molar-refractivity contribution in [3.63, 3.8) is 0 Å². The second-order valence-electron chi connectivity index (χ2n) is 3.24. The van der Waals surface area contributed by atoms with E-state index in [1.165, 1.54) is 0 Å². The zero-order valence-electron chi connectivity index (χ0n) is 8.07. The Hall–Kier alpha value is -0.870. The number of nitrogens with one attached hydrogen (secondary N) is 1. The number of hydrogen-bond acceptors (Lipinski definition) is 2. The molecule has 1 N–H and O–H groups in total. The summed E-state index contributed by atoms with van der Waals surface area (Å²) in [7, 11) is 0. The van der Waals surface area contributed by atoms with Gasteiger partial charge in [-0.3, -0.25) is 0 Å². The molecule has 1 heterocycles. The zero-order valence-corrected chi connectivity index (χ0v) is 9.64. The number of amides is 2. The van der Waals surface area contributed by atoms with Crippen molar-refractivity contribution in [1.29, 1.82) is 0 Å². The van der Waals surface area contributed by atoms with Crippen LogP contribution in [-0.2, 0) is 0 Å². The van der Waals surface area contributed by atoms with E-state index in [-0.39, 0.29) is 6.03 Å². The summed E-state index contributed by atoms with van der Waals surface area (Å²) in [6, 6.07) is 7.11. The number of rotatable bonds is 1. The summed E-state index contributed by atoms with van der Waals surface area (Å²) in [6.45, 7) is 0.817. The lowest BCUT2D eigenvalue weighted by Gasteiger charge is -2.15. The van der Waals surface area contributed by atoms with E-state index >= 15 is 0 Å². The molecule has 0 unspecified atom stereocenters. The Morgan fingerprint density at radius 1 is 1.53 bits per heavy atom. The fraction of sp³-hybridized carbons (Fsp3) is 0.300. The average molecular weight is 243 g/mol. The molecular weight excluding hydrogens is 232 g/mol. The maximum atomic E-state index is 11.7. The van der Waals surface area contributed by atoms with Crippen molar-refractivity contribution >= 4 is 35.1 Å². The minimum atomic E-state index is -0.0535. The highest BCUT2D eigenvalue weighted by Gasteiger charge is 2.17. The van der Waals surface area contributed by atoms with E-state index in [0.29, 0.717) is 5.02 Å². The van der Waals surface area contributed by atoms with Crippen LogP contribution in [-0.4, -0.2) is 29.1 Å². The number of carbonyl (C=O) groups is 1. The van der Waals surface area contributed by atoms with Crippen molar-refractivity contribution in [3.05, 3.63) is 29.3 Å². The van der Waals surface area contributed by atoms with Crippen LogP contribution in [0.25, 0.3) is 0 Å². The van der Waals surface area contributed by atoms with Crippen LogP contribution in [0.15, 0.2) is 24.3 Å². The van der Waals surface area contributed by atoms with E-state index in [1.54, 1.807) is 28.8 Å². The molecule has 1 fully saturated rings. The first kappa shape index (κ1) is 10.6. The molecule has 1 aromatic rings. The van der Waals surface area contributed by atoms with Gasteiger partial charge in [-0.25, -0.2) is 4.79 Å². The van der Waals surface area contributed by atoms with Crippen LogP contribution in [0.4, 0.5) is 10.5 Å². The normalized spacial score (nSPS) is 15.4. The predicted octanol–water partition coefficient (Wildman–Crippen LogP) is 2.88.